The number of morpholine rings is 1. The summed E-state index contributed by atoms with van der Waals surface area (Å²) < 4.78 is 5.57. The van der Waals surface area contributed by atoms with E-state index in [4.69, 9.17) is 10.5 Å². The van der Waals surface area contributed by atoms with E-state index in [-0.39, 0.29) is 5.54 Å². The van der Waals surface area contributed by atoms with Gasteiger partial charge in [-0.3, -0.25) is 4.90 Å². The number of hydrogen-bond acceptors (Lipinski definition) is 3. The van der Waals surface area contributed by atoms with Crippen LogP contribution in [0.2, 0.25) is 0 Å². The van der Waals surface area contributed by atoms with Gasteiger partial charge in [0.05, 0.1) is 13.2 Å². The molecule has 0 aromatic carbocycles. The molecule has 4 unspecified atom stereocenters. The molecule has 0 aromatic heterocycles. The van der Waals surface area contributed by atoms with Gasteiger partial charge in [0.2, 0.25) is 0 Å². The molecule has 100 valence electrons. The number of nitrogens with zero attached hydrogens (tertiary/aromatic N) is 1. The van der Waals surface area contributed by atoms with Crippen LogP contribution in [0.3, 0.4) is 0 Å². The first-order valence-corrected chi connectivity index (χ1v) is 7.14. The number of ether oxygens (including phenoxy) is 1. The normalized spacial score (nSPS) is 44.8. The third-order valence-corrected chi connectivity index (χ3v) is 5.04. The molecule has 2 rings (SSSR count). The average Bonchev–Trinajstić information content (AvgIpc) is 2.31. The predicted octanol–water partition coefficient (Wildman–Crippen LogP) is 1.86. The van der Waals surface area contributed by atoms with Crippen molar-refractivity contribution in [3.8, 4) is 0 Å². The van der Waals surface area contributed by atoms with Gasteiger partial charge >= 0.3 is 0 Å². The first kappa shape index (κ1) is 13.3. The molecule has 1 saturated carbocycles. The van der Waals surface area contributed by atoms with Crippen molar-refractivity contribution in [1.82, 2.24) is 4.90 Å². The van der Waals surface area contributed by atoms with Gasteiger partial charge < -0.3 is 10.5 Å². The lowest BCUT2D eigenvalue weighted by molar-refractivity contribution is -0.0919. The van der Waals surface area contributed by atoms with Crippen molar-refractivity contribution in [2.75, 3.05) is 26.3 Å². The van der Waals surface area contributed by atoms with Gasteiger partial charge in [0.15, 0.2) is 0 Å². The Morgan fingerprint density at radius 2 is 2.12 bits per heavy atom. The molecule has 2 aliphatic rings. The molecule has 1 saturated heterocycles. The summed E-state index contributed by atoms with van der Waals surface area (Å²) in [5.41, 5.74) is 6.42. The first-order valence-electron chi connectivity index (χ1n) is 7.14. The highest BCUT2D eigenvalue weighted by Gasteiger charge is 2.45. The maximum atomic E-state index is 6.18. The Labute approximate surface area is 106 Å². The van der Waals surface area contributed by atoms with E-state index in [0.29, 0.717) is 12.0 Å². The molecule has 1 aliphatic heterocycles. The van der Waals surface area contributed by atoms with Crippen LogP contribution in [0, 0.1) is 11.8 Å². The van der Waals surface area contributed by atoms with E-state index in [0.717, 1.165) is 32.2 Å². The molecule has 0 spiro atoms. The molecule has 2 fully saturated rings. The van der Waals surface area contributed by atoms with Crippen molar-refractivity contribution in [3.63, 3.8) is 0 Å². The molecular formula is C14H28N2O. The van der Waals surface area contributed by atoms with E-state index in [1.54, 1.807) is 0 Å². The predicted molar refractivity (Wildman–Crippen MR) is 71.0 cm³/mol. The van der Waals surface area contributed by atoms with Crippen molar-refractivity contribution in [2.45, 2.75) is 51.6 Å². The maximum absolute atomic E-state index is 6.18. The Balaban J connectivity index is 2.17. The molecule has 0 amide bonds. The van der Waals surface area contributed by atoms with Crippen LogP contribution in [0.5, 0.6) is 0 Å². The fourth-order valence-corrected chi connectivity index (χ4v) is 3.92. The zero-order valence-electron chi connectivity index (χ0n) is 11.6. The van der Waals surface area contributed by atoms with Crippen molar-refractivity contribution < 1.29 is 4.74 Å². The number of rotatable bonds is 2. The van der Waals surface area contributed by atoms with Crippen LogP contribution in [0.15, 0.2) is 0 Å². The van der Waals surface area contributed by atoms with Gasteiger partial charge in [-0.05, 0) is 38.0 Å². The van der Waals surface area contributed by atoms with Gasteiger partial charge in [-0.1, -0.05) is 13.8 Å². The van der Waals surface area contributed by atoms with Gasteiger partial charge in [0.1, 0.15) is 0 Å². The molecule has 3 nitrogen and oxygen atoms in total. The molecule has 2 N–H and O–H groups in total. The summed E-state index contributed by atoms with van der Waals surface area (Å²) in [5, 5.41) is 0. The van der Waals surface area contributed by atoms with Gasteiger partial charge in [-0.25, -0.2) is 0 Å². The molecule has 1 heterocycles. The van der Waals surface area contributed by atoms with Gasteiger partial charge in [-0.2, -0.15) is 0 Å². The molecule has 0 radical (unpaired) electrons. The van der Waals surface area contributed by atoms with E-state index in [9.17, 15) is 0 Å². The van der Waals surface area contributed by atoms with E-state index in [1.165, 1.54) is 19.3 Å². The lowest BCUT2D eigenvalue weighted by Crippen LogP contribution is -2.65. The highest BCUT2D eigenvalue weighted by molar-refractivity contribution is 5.01. The second-order valence-electron chi connectivity index (χ2n) is 6.21. The smallest absolute Gasteiger partial charge is 0.0620 e. The Morgan fingerprint density at radius 3 is 2.71 bits per heavy atom. The SMILES string of the molecule is CC1CCC(CN)(N2CCOCC2C)C(C)C1. The summed E-state index contributed by atoms with van der Waals surface area (Å²) in [6.45, 7) is 10.6. The van der Waals surface area contributed by atoms with Gasteiger partial charge in [-0.15, -0.1) is 0 Å². The second-order valence-corrected chi connectivity index (χ2v) is 6.21. The van der Waals surface area contributed by atoms with Gasteiger partial charge in [0.25, 0.3) is 0 Å². The number of nitrogens with two attached hydrogens (primary N) is 1. The first-order chi connectivity index (χ1) is 8.10. The van der Waals surface area contributed by atoms with Crippen LogP contribution in [-0.4, -0.2) is 42.8 Å². The summed E-state index contributed by atoms with van der Waals surface area (Å²) in [4.78, 5) is 2.65. The quantitative estimate of drug-likeness (QED) is 0.800. The summed E-state index contributed by atoms with van der Waals surface area (Å²) in [7, 11) is 0. The van der Waals surface area contributed by atoms with Crippen LogP contribution < -0.4 is 5.73 Å². The highest BCUT2D eigenvalue weighted by atomic mass is 16.5. The summed E-state index contributed by atoms with van der Waals surface area (Å²) in [6.07, 6.45) is 3.91. The standard InChI is InChI=1S/C14H28N2O/c1-11-4-5-14(10-15,12(2)8-11)16-6-7-17-9-13(16)3/h11-13H,4-10,15H2,1-3H3. The average molecular weight is 240 g/mol. The minimum absolute atomic E-state index is 0.232. The van der Waals surface area contributed by atoms with E-state index in [2.05, 4.69) is 25.7 Å². The van der Waals surface area contributed by atoms with Crippen LogP contribution >= 0.6 is 0 Å². The maximum Gasteiger partial charge on any atom is 0.0620 e. The van der Waals surface area contributed by atoms with Crippen molar-refractivity contribution in [3.05, 3.63) is 0 Å². The summed E-state index contributed by atoms with van der Waals surface area (Å²) in [5.74, 6) is 1.57. The van der Waals surface area contributed by atoms with Crippen LogP contribution in [0.25, 0.3) is 0 Å². The minimum Gasteiger partial charge on any atom is -0.379 e. The van der Waals surface area contributed by atoms with E-state index < -0.39 is 0 Å². The summed E-state index contributed by atoms with van der Waals surface area (Å²) in [6, 6.07) is 0.517. The largest absolute Gasteiger partial charge is 0.379 e. The Morgan fingerprint density at radius 1 is 1.35 bits per heavy atom. The van der Waals surface area contributed by atoms with E-state index >= 15 is 0 Å². The van der Waals surface area contributed by atoms with Crippen molar-refractivity contribution >= 4 is 0 Å². The second kappa shape index (κ2) is 5.25. The van der Waals surface area contributed by atoms with Crippen molar-refractivity contribution in [1.29, 1.82) is 0 Å². The zero-order chi connectivity index (χ0) is 12.5. The fourth-order valence-electron chi connectivity index (χ4n) is 3.92. The Bertz CT molecular complexity index is 259. The van der Waals surface area contributed by atoms with Crippen LogP contribution in [0.1, 0.15) is 40.0 Å². The Kier molecular flexibility index (Phi) is 4.11. The molecule has 4 atom stereocenters. The summed E-state index contributed by atoms with van der Waals surface area (Å²) >= 11 is 0. The van der Waals surface area contributed by atoms with Crippen LogP contribution in [0.4, 0.5) is 0 Å². The molecule has 0 bridgehead atoms. The molecule has 17 heavy (non-hydrogen) atoms. The monoisotopic (exact) mass is 240 g/mol. The van der Waals surface area contributed by atoms with E-state index in [1.807, 2.05) is 0 Å². The third kappa shape index (κ3) is 2.38. The lowest BCUT2D eigenvalue weighted by Gasteiger charge is -2.54. The molecule has 3 heteroatoms. The molecular weight excluding hydrogens is 212 g/mol. The third-order valence-electron chi connectivity index (χ3n) is 5.04. The highest BCUT2D eigenvalue weighted by Crippen LogP contribution is 2.41. The fraction of sp³-hybridized carbons (Fsp3) is 1.00. The molecule has 0 aromatic rings. The zero-order valence-corrected chi connectivity index (χ0v) is 11.6. The number of hydrogen-bond donors (Lipinski definition) is 1. The van der Waals surface area contributed by atoms with Gasteiger partial charge in [0, 0.05) is 24.7 Å². The molecule has 1 aliphatic carbocycles. The Hall–Kier alpha value is -0.120. The lowest BCUT2D eigenvalue weighted by atomic mass is 9.68. The van der Waals surface area contributed by atoms with Crippen LogP contribution in [-0.2, 0) is 4.74 Å². The van der Waals surface area contributed by atoms with Crippen molar-refractivity contribution in [2.24, 2.45) is 17.6 Å². The minimum atomic E-state index is 0.232. The topological polar surface area (TPSA) is 38.5 Å².